The summed E-state index contributed by atoms with van der Waals surface area (Å²) in [6.07, 6.45) is 0. The molecule has 1 aromatic rings. The Morgan fingerprint density at radius 3 is 2.47 bits per heavy atom. The van der Waals surface area contributed by atoms with E-state index >= 15 is 0 Å². The normalized spacial score (nSPS) is 10.1. The minimum atomic E-state index is -2.86. The Kier molecular flexibility index (Phi) is 4.45. The quantitative estimate of drug-likeness (QED) is 0.753. The molecule has 0 radical (unpaired) electrons. The number of hydrogen-bond donors (Lipinski definition) is 2. The van der Waals surface area contributed by atoms with Gasteiger partial charge in [0.15, 0.2) is 0 Å². The molecule has 0 bridgehead atoms. The van der Waals surface area contributed by atoms with Gasteiger partial charge >= 0.3 is 12.6 Å². The number of carboxylic acids is 1. The molecule has 0 aliphatic rings. The molecule has 0 spiro atoms. The second kappa shape index (κ2) is 5.83. The third kappa shape index (κ3) is 4.50. The number of ether oxygens (including phenoxy) is 1. The van der Waals surface area contributed by atoms with Gasteiger partial charge in [-0.15, -0.1) is 0 Å². The summed E-state index contributed by atoms with van der Waals surface area (Å²) in [5, 5.41) is 11.3. The molecule has 0 aliphatic carbocycles. The highest BCUT2D eigenvalue weighted by Gasteiger charge is 2.05. The number of anilines is 1. The molecular weight excluding hydrogens is 232 g/mol. The van der Waals surface area contributed by atoms with Gasteiger partial charge in [0, 0.05) is 17.8 Å². The van der Waals surface area contributed by atoms with Gasteiger partial charge in [-0.05, 0) is 24.3 Å². The lowest BCUT2D eigenvalue weighted by Gasteiger charge is -2.08. The third-order valence-electron chi connectivity index (χ3n) is 1.89. The van der Waals surface area contributed by atoms with Crippen LogP contribution in [-0.2, 0) is 4.79 Å². The van der Waals surface area contributed by atoms with Crippen LogP contribution in [0, 0.1) is 0 Å². The first-order valence-corrected chi connectivity index (χ1v) is 4.69. The van der Waals surface area contributed by atoms with E-state index in [9.17, 15) is 13.6 Å². The maximum absolute atomic E-state index is 11.8. The molecule has 0 atom stereocenters. The second-order valence-electron chi connectivity index (χ2n) is 3.17. The van der Waals surface area contributed by atoms with Crippen molar-refractivity contribution < 1.29 is 23.4 Å². The zero-order chi connectivity index (χ0) is 12.8. The van der Waals surface area contributed by atoms with Crippen LogP contribution >= 0.6 is 0 Å². The summed E-state index contributed by atoms with van der Waals surface area (Å²) in [4.78, 5) is 10.5. The Morgan fingerprint density at radius 1 is 1.41 bits per heavy atom. The number of carbonyl (C=O) groups is 1. The van der Waals surface area contributed by atoms with E-state index in [4.69, 9.17) is 5.11 Å². The van der Waals surface area contributed by atoms with Gasteiger partial charge in [-0.2, -0.15) is 8.78 Å². The summed E-state index contributed by atoms with van der Waals surface area (Å²) >= 11 is 0. The molecule has 0 saturated heterocycles. The van der Waals surface area contributed by atoms with Gasteiger partial charge in [0.2, 0.25) is 0 Å². The monoisotopic (exact) mass is 243 g/mol. The molecule has 1 aromatic carbocycles. The predicted molar refractivity (Wildman–Crippen MR) is 58.3 cm³/mol. The Labute approximate surface area is 96.5 Å². The van der Waals surface area contributed by atoms with Crippen LogP contribution in [-0.4, -0.2) is 24.2 Å². The van der Waals surface area contributed by atoms with Crippen LogP contribution in [0.1, 0.15) is 0 Å². The van der Waals surface area contributed by atoms with Crippen molar-refractivity contribution in [2.45, 2.75) is 6.61 Å². The van der Waals surface area contributed by atoms with Crippen molar-refractivity contribution in [1.29, 1.82) is 0 Å². The molecule has 92 valence electrons. The van der Waals surface area contributed by atoms with Gasteiger partial charge in [0.1, 0.15) is 5.75 Å². The van der Waals surface area contributed by atoms with Gasteiger partial charge in [-0.3, -0.25) is 0 Å². The van der Waals surface area contributed by atoms with Crippen molar-refractivity contribution in [3.8, 4) is 5.75 Å². The second-order valence-corrected chi connectivity index (χ2v) is 3.17. The number of halogens is 2. The average molecular weight is 243 g/mol. The number of rotatable bonds is 6. The molecule has 4 nitrogen and oxygen atoms in total. The van der Waals surface area contributed by atoms with E-state index in [0.717, 1.165) is 0 Å². The SMILES string of the molecule is C=C(CNc1ccc(OC(F)F)cc1)C(=O)O. The zero-order valence-electron chi connectivity index (χ0n) is 8.82. The minimum absolute atomic E-state index is 0.0120. The van der Waals surface area contributed by atoms with Crippen LogP contribution in [0.25, 0.3) is 0 Å². The van der Waals surface area contributed by atoms with E-state index in [1.54, 1.807) is 0 Å². The Morgan fingerprint density at radius 2 is 2.00 bits per heavy atom. The molecule has 6 heteroatoms. The predicted octanol–water partition coefficient (Wildman–Crippen LogP) is 2.34. The first-order chi connectivity index (χ1) is 7.99. The average Bonchev–Trinajstić information content (AvgIpc) is 2.26. The summed E-state index contributed by atoms with van der Waals surface area (Å²) in [7, 11) is 0. The summed E-state index contributed by atoms with van der Waals surface area (Å²) in [5.41, 5.74) is 0.604. The molecule has 0 fully saturated rings. The Balaban J connectivity index is 2.51. The molecule has 0 amide bonds. The standard InChI is InChI=1S/C11H11F2NO3/c1-7(10(15)16)6-14-8-2-4-9(5-3-8)17-11(12)13/h2-5,11,14H,1,6H2,(H,15,16). The van der Waals surface area contributed by atoms with Crippen LogP contribution < -0.4 is 10.1 Å². The van der Waals surface area contributed by atoms with Crippen LogP contribution in [0.3, 0.4) is 0 Å². The molecule has 0 aliphatic heterocycles. The number of aliphatic carboxylic acids is 1. The van der Waals surface area contributed by atoms with Crippen molar-refractivity contribution in [2.24, 2.45) is 0 Å². The Hall–Kier alpha value is -2.11. The first kappa shape index (κ1) is 13.0. The summed E-state index contributed by atoms with van der Waals surface area (Å²) in [6.45, 7) is 0.554. The van der Waals surface area contributed by atoms with Crippen molar-refractivity contribution >= 4 is 11.7 Å². The summed E-state index contributed by atoms with van der Waals surface area (Å²) in [6, 6.07) is 5.73. The lowest BCUT2D eigenvalue weighted by molar-refractivity contribution is -0.132. The van der Waals surface area contributed by atoms with Crippen LogP contribution in [0.2, 0.25) is 0 Å². The number of nitrogens with one attached hydrogen (secondary N) is 1. The first-order valence-electron chi connectivity index (χ1n) is 4.69. The fourth-order valence-electron chi connectivity index (χ4n) is 1.04. The Bertz CT molecular complexity index is 404. The highest BCUT2D eigenvalue weighted by molar-refractivity contribution is 5.86. The molecule has 0 aromatic heterocycles. The molecule has 0 heterocycles. The van der Waals surface area contributed by atoms with E-state index < -0.39 is 12.6 Å². The van der Waals surface area contributed by atoms with E-state index in [-0.39, 0.29) is 17.9 Å². The van der Waals surface area contributed by atoms with Crippen LogP contribution in [0.15, 0.2) is 36.4 Å². The summed E-state index contributed by atoms with van der Waals surface area (Å²) in [5.74, 6) is -1.04. The molecule has 1 rings (SSSR count). The van der Waals surface area contributed by atoms with Crippen LogP contribution in [0.4, 0.5) is 14.5 Å². The van der Waals surface area contributed by atoms with Crippen molar-refractivity contribution in [3.63, 3.8) is 0 Å². The molecular formula is C11H11F2NO3. The maximum atomic E-state index is 11.8. The maximum Gasteiger partial charge on any atom is 0.387 e. The number of alkyl halides is 2. The summed E-state index contributed by atoms with van der Waals surface area (Å²) < 4.78 is 27.9. The van der Waals surface area contributed by atoms with Crippen molar-refractivity contribution in [1.82, 2.24) is 0 Å². The van der Waals surface area contributed by atoms with Gasteiger partial charge in [-0.25, -0.2) is 4.79 Å². The number of carboxylic acid groups (broad SMARTS) is 1. The van der Waals surface area contributed by atoms with E-state index in [2.05, 4.69) is 16.6 Å². The smallest absolute Gasteiger partial charge is 0.387 e. The topological polar surface area (TPSA) is 58.6 Å². The third-order valence-corrected chi connectivity index (χ3v) is 1.89. The van der Waals surface area contributed by atoms with Crippen LogP contribution in [0.5, 0.6) is 5.75 Å². The van der Waals surface area contributed by atoms with Gasteiger partial charge < -0.3 is 15.2 Å². The number of benzene rings is 1. The molecule has 2 N–H and O–H groups in total. The molecule has 0 unspecified atom stereocenters. The minimum Gasteiger partial charge on any atom is -0.478 e. The van der Waals surface area contributed by atoms with Crippen molar-refractivity contribution in [2.75, 3.05) is 11.9 Å². The van der Waals surface area contributed by atoms with Gasteiger partial charge in [0.25, 0.3) is 0 Å². The lowest BCUT2D eigenvalue weighted by Crippen LogP contribution is -2.11. The van der Waals surface area contributed by atoms with E-state index in [1.807, 2.05) is 0 Å². The van der Waals surface area contributed by atoms with Crippen molar-refractivity contribution in [3.05, 3.63) is 36.4 Å². The fourth-order valence-corrected chi connectivity index (χ4v) is 1.04. The fraction of sp³-hybridized carbons (Fsp3) is 0.182. The lowest BCUT2D eigenvalue weighted by atomic mass is 10.2. The van der Waals surface area contributed by atoms with Gasteiger partial charge in [0.05, 0.1) is 0 Å². The zero-order valence-corrected chi connectivity index (χ0v) is 8.82. The van der Waals surface area contributed by atoms with Gasteiger partial charge in [-0.1, -0.05) is 6.58 Å². The number of hydrogen-bond acceptors (Lipinski definition) is 3. The highest BCUT2D eigenvalue weighted by atomic mass is 19.3. The molecule has 0 saturated carbocycles. The largest absolute Gasteiger partial charge is 0.478 e. The van der Waals surface area contributed by atoms with E-state index in [1.165, 1.54) is 24.3 Å². The van der Waals surface area contributed by atoms with E-state index in [0.29, 0.717) is 5.69 Å². The molecule has 17 heavy (non-hydrogen) atoms. The highest BCUT2D eigenvalue weighted by Crippen LogP contribution is 2.17.